The number of amidine groups is 1. The van der Waals surface area contributed by atoms with E-state index in [1.165, 1.54) is 0 Å². The van der Waals surface area contributed by atoms with Gasteiger partial charge in [0.1, 0.15) is 5.84 Å². The zero-order chi connectivity index (χ0) is 12.1. The van der Waals surface area contributed by atoms with Crippen molar-refractivity contribution in [2.75, 3.05) is 0 Å². The van der Waals surface area contributed by atoms with Crippen molar-refractivity contribution in [2.24, 2.45) is 22.4 Å². The van der Waals surface area contributed by atoms with Crippen molar-refractivity contribution >= 4 is 29.0 Å². The lowest BCUT2D eigenvalue weighted by Crippen LogP contribution is -2.34. The van der Waals surface area contributed by atoms with Crippen LogP contribution in [0.4, 0.5) is 5.69 Å². The molecule has 0 radical (unpaired) electrons. The van der Waals surface area contributed by atoms with Gasteiger partial charge in [-0.2, -0.15) is 5.26 Å². The summed E-state index contributed by atoms with van der Waals surface area (Å²) < 4.78 is 0. The van der Waals surface area contributed by atoms with Crippen LogP contribution in [0.15, 0.2) is 29.3 Å². The molecule has 1 amide bonds. The van der Waals surface area contributed by atoms with E-state index in [0.29, 0.717) is 10.7 Å². The van der Waals surface area contributed by atoms with Gasteiger partial charge in [0.2, 0.25) is 5.91 Å². The Balaban J connectivity index is 2.96. The lowest BCUT2D eigenvalue weighted by Gasteiger charge is -2.03. The number of nitrogens with two attached hydrogens (primary N) is 2. The first-order valence-corrected chi connectivity index (χ1v) is 4.71. The fraction of sp³-hybridized carbons (Fsp3) is 0.100. The standard InChI is InChI=1S/C10H9ClN4O/c11-6-1-3-7(4-2-6)15-9(13)8(5-12)10(14)16/h1-4,8H,(H2,13,15)(H2,14,16). The zero-order valence-corrected chi connectivity index (χ0v) is 8.98. The Morgan fingerprint density at radius 2 is 1.94 bits per heavy atom. The third-order valence-electron chi connectivity index (χ3n) is 1.79. The minimum Gasteiger partial charge on any atom is -0.386 e. The second kappa shape index (κ2) is 5.14. The molecule has 0 bridgehead atoms. The number of benzene rings is 1. The molecule has 1 aromatic carbocycles. The van der Waals surface area contributed by atoms with Gasteiger partial charge in [0.25, 0.3) is 0 Å². The number of nitrogens with zero attached hydrogens (tertiary/aromatic N) is 2. The van der Waals surface area contributed by atoms with Crippen molar-refractivity contribution in [3.05, 3.63) is 29.3 Å². The second-order valence-electron chi connectivity index (χ2n) is 2.98. The molecule has 6 heteroatoms. The van der Waals surface area contributed by atoms with E-state index in [1.54, 1.807) is 30.3 Å². The van der Waals surface area contributed by atoms with E-state index < -0.39 is 11.8 Å². The predicted octanol–water partition coefficient (Wildman–Crippen LogP) is 0.954. The molecule has 1 unspecified atom stereocenters. The van der Waals surface area contributed by atoms with Crippen LogP contribution in [0.1, 0.15) is 0 Å². The van der Waals surface area contributed by atoms with Gasteiger partial charge in [-0.15, -0.1) is 0 Å². The van der Waals surface area contributed by atoms with Crippen LogP contribution >= 0.6 is 11.6 Å². The molecule has 0 heterocycles. The highest BCUT2D eigenvalue weighted by atomic mass is 35.5. The van der Waals surface area contributed by atoms with Crippen LogP contribution in [-0.2, 0) is 4.79 Å². The Morgan fingerprint density at radius 1 is 1.38 bits per heavy atom. The van der Waals surface area contributed by atoms with Gasteiger partial charge >= 0.3 is 0 Å². The summed E-state index contributed by atoms with van der Waals surface area (Å²) in [6, 6.07) is 8.16. The topological polar surface area (TPSA) is 105 Å². The maximum atomic E-state index is 10.8. The van der Waals surface area contributed by atoms with Crippen LogP contribution in [-0.4, -0.2) is 11.7 Å². The number of nitriles is 1. The minimum atomic E-state index is -1.21. The third-order valence-corrected chi connectivity index (χ3v) is 2.05. The maximum absolute atomic E-state index is 10.8. The van der Waals surface area contributed by atoms with E-state index in [-0.39, 0.29) is 5.84 Å². The first kappa shape index (κ1) is 12.0. The van der Waals surface area contributed by atoms with Crippen molar-refractivity contribution in [3.63, 3.8) is 0 Å². The molecule has 0 aliphatic carbocycles. The summed E-state index contributed by atoms with van der Waals surface area (Å²) in [6.07, 6.45) is 0. The molecule has 16 heavy (non-hydrogen) atoms. The summed E-state index contributed by atoms with van der Waals surface area (Å²) in [5.41, 5.74) is 11.0. The van der Waals surface area contributed by atoms with Crippen molar-refractivity contribution in [2.45, 2.75) is 0 Å². The van der Waals surface area contributed by atoms with E-state index in [0.717, 1.165) is 0 Å². The molecule has 0 spiro atoms. The fourth-order valence-corrected chi connectivity index (χ4v) is 1.13. The number of carbonyl (C=O) groups excluding carboxylic acids is 1. The number of rotatable bonds is 3. The van der Waals surface area contributed by atoms with Gasteiger partial charge in [-0.05, 0) is 24.3 Å². The molecule has 0 saturated carbocycles. The first-order valence-electron chi connectivity index (χ1n) is 4.33. The van der Waals surface area contributed by atoms with Crippen molar-refractivity contribution < 1.29 is 4.79 Å². The van der Waals surface area contributed by atoms with E-state index >= 15 is 0 Å². The average Bonchev–Trinajstić information content (AvgIpc) is 2.22. The van der Waals surface area contributed by atoms with Gasteiger partial charge < -0.3 is 11.5 Å². The molecule has 0 aromatic heterocycles. The number of hydrogen-bond donors (Lipinski definition) is 2. The Bertz CT molecular complexity index is 461. The van der Waals surface area contributed by atoms with Crippen LogP contribution in [0.2, 0.25) is 5.02 Å². The number of primary amides is 1. The van der Waals surface area contributed by atoms with Gasteiger partial charge in [0.05, 0.1) is 11.8 Å². The highest BCUT2D eigenvalue weighted by Crippen LogP contribution is 2.16. The molecule has 4 N–H and O–H groups in total. The smallest absolute Gasteiger partial charge is 0.242 e. The van der Waals surface area contributed by atoms with Crippen LogP contribution < -0.4 is 11.5 Å². The molecule has 1 rings (SSSR count). The monoisotopic (exact) mass is 236 g/mol. The third kappa shape index (κ3) is 2.97. The van der Waals surface area contributed by atoms with E-state index in [2.05, 4.69) is 4.99 Å². The molecule has 82 valence electrons. The number of amides is 1. The summed E-state index contributed by atoms with van der Waals surface area (Å²) in [4.78, 5) is 14.7. The zero-order valence-electron chi connectivity index (χ0n) is 8.22. The second-order valence-corrected chi connectivity index (χ2v) is 3.41. The highest BCUT2D eigenvalue weighted by molar-refractivity contribution is 6.30. The summed E-state index contributed by atoms with van der Waals surface area (Å²) in [7, 11) is 0. The van der Waals surface area contributed by atoms with Gasteiger partial charge in [-0.25, -0.2) is 4.99 Å². The van der Waals surface area contributed by atoms with Gasteiger partial charge in [-0.1, -0.05) is 11.6 Å². The van der Waals surface area contributed by atoms with Crippen molar-refractivity contribution in [1.29, 1.82) is 5.26 Å². The minimum absolute atomic E-state index is 0.127. The molecular formula is C10H9ClN4O. The Labute approximate surface area is 97.3 Å². The first-order chi connectivity index (χ1) is 7.54. The predicted molar refractivity (Wildman–Crippen MR) is 61.0 cm³/mol. The quantitative estimate of drug-likeness (QED) is 0.603. The van der Waals surface area contributed by atoms with Crippen LogP contribution in [0.25, 0.3) is 0 Å². The molecular weight excluding hydrogens is 228 g/mol. The molecule has 1 atom stereocenters. The van der Waals surface area contributed by atoms with Crippen LogP contribution in [0.3, 0.4) is 0 Å². The molecule has 0 aliphatic heterocycles. The van der Waals surface area contributed by atoms with Gasteiger partial charge in [0.15, 0.2) is 5.92 Å². The summed E-state index contributed by atoms with van der Waals surface area (Å²) in [6.45, 7) is 0. The molecule has 0 aliphatic rings. The average molecular weight is 237 g/mol. The Morgan fingerprint density at radius 3 is 2.38 bits per heavy atom. The van der Waals surface area contributed by atoms with Gasteiger partial charge in [0, 0.05) is 5.02 Å². The van der Waals surface area contributed by atoms with E-state index in [1.807, 2.05) is 0 Å². The lowest BCUT2D eigenvalue weighted by atomic mass is 10.1. The fourth-order valence-electron chi connectivity index (χ4n) is 1.00. The number of carbonyl (C=O) groups is 1. The SMILES string of the molecule is N#CC(C(N)=O)C(N)=Nc1ccc(Cl)cc1. The molecule has 0 fully saturated rings. The van der Waals surface area contributed by atoms with E-state index in [9.17, 15) is 4.79 Å². The largest absolute Gasteiger partial charge is 0.386 e. The van der Waals surface area contributed by atoms with Crippen LogP contribution in [0.5, 0.6) is 0 Å². The Hall–Kier alpha value is -2.06. The van der Waals surface area contributed by atoms with Crippen LogP contribution in [0, 0.1) is 17.2 Å². The van der Waals surface area contributed by atoms with E-state index in [4.69, 9.17) is 28.3 Å². The molecule has 1 aromatic rings. The summed E-state index contributed by atoms with van der Waals surface area (Å²) in [5.74, 6) is -2.16. The number of aliphatic imine (C=N–C) groups is 1. The summed E-state index contributed by atoms with van der Waals surface area (Å²) >= 11 is 5.68. The molecule has 5 nitrogen and oxygen atoms in total. The molecule has 0 saturated heterocycles. The van der Waals surface area contributed by atoms with Crippen molar-refractivity contribution in [1.82, 2.24) is 0 Å². The number of hydrogen-bond acceptors (Lipinski definition) is 3. The highest BCUT2D eigenvalue weighted by Gasteiger charge is 2.18. The Kier molecular flexibility index (Phi) is 3.86. The van der Waals surface area contributed by atoms with Gasteiger partial charge in [-0.3, -0.25) is 4.79 Å². The van der Waals surface area contributed by atoms with Crippen molar-refractivity contribution in [3.8, 4) is 6.07 Å². The summed E-state index contributed by atoms with van der Waals surface area (Å²) in [5, 5.41) is 9.22. The number of halogens is 1. The normalized spacial score (nSPS) is 12.9. The maximum Gasteiger partial charge on any atom is 0.242 e. The lowest BCUT2D eigenvalue weighted by molar-refractivity contribution is -0.118.